The van der Waals surface area contributed by atoms with Gasteiger partial charge in [0.2, 0.25) is 0 Å². The van der Waals surface area contributed by atoms with Gasteiger partial charge in [0.05, 0.1) is 11.5 Å². The zero-order chi connectivity index (χ0) is 20.9. The van der Waals surface area contributed by atoms with E-state index in [0.29, 0.717) is 17.3 Å². The number of aliphatic hydroxyl groups excluding tert-OH is 1. The molecule has 9 heteroatoms. The summed E-state index contributed by atoms with van der Waals surface area (Å²) in [5, 5.41) is 11.5. The van der Waals surface area contributed by atoms with Crippen molar-refractivity contribution in [3.05, 3.63) is 63.8 Å². The molecule has 1 amide bonds. The van der Waals surface area contributed by atoms with E-state index in [2.05, 4.69) is 5.32 Å². The van der Waals surface area contributed by atoms with E-state index in [0.717, 1.165) is 13.0 Å². The Bertz CT molecular complexity index is 900. The number of aliphatic hydroxyl groups is 1. The number of nitrogens with one attached hydrogen (secondary N) is 1. The van der Waals surface area contributed by atoms with E-state index in [1.54, 1.807) is 12.1 Å². The Morgan fingerprint density at radius 3 is 2.46 bits per heavy atom. The third-order valence-corrected chi connectivity index (χ3v) is 5.11. The number of thioether (sulfide) groups is 1. The number of halogens is 5. The van der Waals surface area contributed by atoms with Crippen molar-refractivity contribution in [3.63, 3.8) is 0 Å². The lowest BCUT2D eigenvalue weighted by Gasteiger charge is -2.16. The molecule has 2 aromatic rings. The van der Waals surface area contributed by atoms with Crippen LogP contribution in [0, 0.1) is 5.82 Å². The number of hydrogen-bond acceptors (Lipinski definition) is 3. The minimum absolute atomic E-state index is 0.0797. The predicted octanol–water partition coefficient (Wildman–Crippen LogP) is 5.65. The largest absolute Gasteiger partial charge is 0.413 e. The number of alkyl halides is 3. The van der Waals surface area contributed by atoms with E-state index >= 15 is 0 Å². The van der Waals surface area contributed by atoms with Gasteiger partial charge in [-0.1, -0.05) is 29.8 Å². The highest BCUT2D eigenvalue weighted by molar-refractivity contribution is 8.04. The summed E-state index contributed by atoms with van der Waals surface area (Å²) in [6, 6.07) is 10.1. The number of rotatable bonds is 6. The van der Waals surface area contributed by atoms with Gasteiger partial charge in [0.15, 0.2) is 0 Å². The third-order valence-electron chi connectivity index (χ3n) is 3.71. The number of hydrogen-bond donors (Lipinski definition) is 2. The van der Waals surface area contributed by atoms with Crippen molar-refractivity contribution in [1.82, 2.24) is 0 Å². The Labute approximate surface area is 168 Å². The molecule has 0 unspecified atom stereocenters. The standard InChI is InChI=1S/C19H16ClF4NO2S/c1-11(19(22,23)24)17(28-9-8-26)18(27)25-16-5-3-2-4-14(16)13-7-6-12(20)10-15(13)21/h2-7,10,26H,8-9H2,1H3,(H,25,27)/b17-11+. The summed E-state index contributed by atoms with van der Waals surface area (Å²) < 4.78 is 53.5. The number of benzene rings is 2. The van der Waals surface area contributed by atoms with Crippen molar-refractivity contribution in [2.24, 2.45) is 0 Å². The van der Waals surface area contributed by atoms with Crippen molar-refractivity contribution >= 4 is 35.0 Å². The van der Waals surface area contributed by atoms with Gasteiger partial charge in [0.1, 0.15) is 5.82 Å². The summed E-state index contributed by atoms with van der Waals surface area (Å²) in [7, 11) is 0. The van der Waals surface area contributed by atoms with Crippen LogP contribution in [0.5, 0.6) is 0 Å². The lowest BCUT2D eigenvalue weighted by atomic mass is 10.0. The molecule has 2 N–H and O–H groups in total. The fourth-order valence-corrected chi connectivity index (χ4v) is 3.30. The van der Waals surface area contributed by atoms with Gasteiger partial charge in [-0.25, -0.2) is 4.39 Å². The molecule has 2 rings (SSSR count). The maximum Gasteiger partial charge on any atom is 0.413 e. The Hall–Kier alpha value is -2.03. The predicted molar refractivity (Wildman–Crippen MR) is 104 cm³/mol. The summed E-state index contributed by atoms with van der Waals surface area (Å²) in [5.74, 6) is -1.70. The van der Waals surface area contributed by atoms with E-state index in [-0.39, 0.29) is 28.6 Å². The molecule has 0 aliphatic rings. The summed E-state index contributed by atoms with van der Waals surface area (Å²) >= 11 is 6.35. The Morgan fingerprint density at radius 2 is 1.86 bits per heavy atom. The van der Waals surface area contributed by atoms with Crippen LogP contribution in [0.4, 0.5) is 23.2 Å². The van der Waals surface area contributed by atoms with Gasteiger partial charge in [-0.3, -0.25) is 4.79 Å². The van der Waals surface area contributed by atoms with Crippen LogP contribution in [0.1, 0.15) is 6.92 Å². The van der Waals surface area contributed by atoms with Gasteiger partial charge < -0.3 is 10.4 Å². The number of amides is 1. The minimum Gasteiger partial charge on any atom is -0.396 e. The highest BCUT2D eigenvalue weighted by Gasteiger charge is 2.35. The third kappa shape index (κ3) is 5.50. The monoisotopic (exact) mass is 433 g/mol. The van der Waals surface area contributed by atoms with Crippen LogP contribution in [0.3, 0.4) is 0 Å². The summed E-state index contributed by atoms with van der Waals surface area (Å²) in [4.78, 5) is 12.0. The molecule has 0 bridgehead atoms. The molecular formula is C19H16ClF4NO2S. The number of allylic oxidation sites excluding steroid dienone is 1. The smallest absolute Gasteiger partial charge is 0.396 e. The van der Waals surface area contributed by atoms with E-state index in [4.69, 9.17) is 16.7 Å². The Morgan fingerprint density at radius 1 is 1.18 bits per heavy atom. The molecule has 0 aliphatic heterocycles. The number of carbonyl (C=O) groups is 1. The number of carbonyl (C=O) groups excluding carboxylic acids is 1. The molecule has 150 valence electrons. The second-order valence-corrected chi connectivity index (χ2v) is 7.19. The van der Waals surface area contributed by atoms with Gasteiger partial charge in [0.25, 0.3) is 5.91 Å². The van der Waals surface area contributed by atoms with Crippen molar-refractivity contribution < 1.29 is 27.5 Å². The average molecular weight is 434 g/mol. The lowest BCUT2D eigenvalue weighted by molar-refractivity contribution is -0.114. The van der Waals surface area contributed by atoms with E-state index in [9.17, 15) is 22.4 Å². The van der Waals surface area contributed by atoms with Crippen molar-refractivity contribution in [2.45, 2.75) is 13.1 Å². The molecule has 3 nitrogen and oxygen atoms in total. The zero-order valence-corrected chi connectivity index (χ0v) is 16.2. The topological polar surface area (TPSA) is 49.3 Å². The molecule has 0 saturated heterocycles. The molecule has 2 aromatic carbocycles. The first-order chi connectivity index (χ1) is 13.1. The molecule has 0 aliphatic carbocycles. The second kappa shape index (κ2) is 9.45. The molecule has 0 spiro atoms. The molecule has 0 fully saturated rings. The molecule has 0 radical (unpaired) electrons. The van der Waals surface area contributed by atoms with Gasteiger partial charge in [-0.05, 0) is 31.2 Å². The summed E-state index contributed by atoms with van der Waals surface area (Å²) in [6.07, 6.45) is -4.70. The van der Waals surface area contributed by atoms with Gasteiger partial charge in [-0.15, -0.1) is 11.8 Å². The van der Waals surface area contributed by atoms with Crippen LogP contribution in [0.2, 0.25) is 5.02 Å². The first-order valence-electron chi connectivity index (χ1n) is 8.02. The van der Waals surface area contributed by atoms with Crippen LogP contribution in [-0.2, 0) is 4.79 Å². The maximum atomic E-state index is 14.3. The van der Waals surface area contributed by atoms with Crippen LogP contribution in [0.15, 0.2) is 52.9 Å². The van der Waals surface area contributed by atoms with Crippen molar-refractivity contribution in [3.8, 4) is 11.1 Å². The van der Waals surface area contributed by atoms with Crippen LogP contribution in [-0.4, -0.2) is 29.5 Å². The average Bonchev–Trinajstić information content (AvgIpc) is 2.62. The maximum absolute atomic E-state index is 14.3. The molecular weight excluding hydrogens is 418 g/mol. The Kier molecular flexibility index (Phi) is 7.51. The fourth-order valence-electron chi connectivity index (χ4n) is 2.33. The fraction of sp³-hybridized carbons (Fsp3) is 0.211. The summed E-state index contributed by atoms with van der Waals surface area (Å²) in [6.45, 7) is 0.406. The van der Waals surface area contributed by atoms with Crippen LogP contribution < -0.4 is 5.32 Å². The Balaban J connectivity index is 2.43. The van der Waals surface area contributed by atoms with Crippen molar-refractivity contribution in [2.75, 3.05) is 17.7 Å². The van der Waals surface area contributed by atoms with E-state index < -0.39 is 28.4 Å². The minimum atomic E-state index is -4.70. The lowest BCUT2D eigenvalue weighted by Crippen LogP contribution is -2.20. The van der Waals surface area contributed by atoms with Gasteiger partial charge in [-0.2, -0.15) is 13.2 Å². The highest BCUT2D eigenvalue weighted by Crippen LogP contribution is 2.35. The van der Waals surface area contributed by atoms with Gasteiger partial charge >= 0.3 is 6.18 Å². The molecule has 0 heterocycles. The first kappa shape index (κ1) is 22.3. The van der Waals surface area contributed by atoms with Gasteiger partial charge in [0, 0.05) is 33.2 Å². The van der Waals surface area contributed by atoms with E-state index in [1.165, 1.54) is 24.3 Å². The molecule has 28 heavy (non-hydrogen) atoms. The van der Waals surface area contributed by atoms with Crippen molar-refractivity contribution in [1.29, 1.82) is 0 Å². The first-order valence-corrected chi connectivity index (χ1v) is 9.39. The molecule has 0 saturated carbocycles. The van der Waals surface area contributed by atoms with Crippen LogP contribution >= 0.6 is 23.4 Å². The number of anilines is 1. The highest BCUT2D eigenvalue weighted by atomic mass is 35.5. The molecule has 0 atom stereocenters. The molecule has 0 aromatic heterocycles. The second-order valence-electron chi connectivity index (χ2n) is 5.65. The van der Waals surface area contributed by atoms with E-state index in [1.807, 2.05) is 0 Å². The normalized spacial score (nSPS) is 12.5. The SMILES string of the molecule is C/C(=C(\SCCO)C(=O)Nc1ccccc1-c1ccc(Cl)cc1F)C(F)(F)F. The number of para-hydroxylation sites is 1. The summed E-state index contributed by atoms with van der Waals surface area (Å²) in [5.41, 5.74) is -0.494. The quantitative estimate of drug-likeness (QED) is 0.457. The zero-order valence-electron chi connectivity index (χ0n) is 14.6. The van der Waals surface area contributed by atoms with Crippen LogP contribution in [0.25, 0.3) is 11.1 Å².